The molecule has 31 heavy (non-hydrogen) atoms. The van der Waals surface area contributed by atoms with E-state index >= 15 is 0 Å². The molecule has 1 radical (unpaired) electrons. The molecular formula is C26H23N4O. The van der Waals surface area contributed by atoms with E-state index in [0.29, 0.717) is 30.9 Å². The Morgan fingerprint density at radius 3 is 1.71 bits per heavy atom. The van der Waals surface area contributed by atoms with Crippen molar-refractivity contribution >= 4 is 5.78 Å². The maximum absolute atomic E-state index is 12.9. The zero-order valence-electron chi connectivity index (χ0n) is 17.2. The maximum Gasteiger partial charge on any atom is 0.159 e. The van der Waals surface area contributed by atoms with Crippen molar-refractivity contribution in [3.63, 3.8) is 0 Å². The molecule has 1 atom stereocenters. The SMILES string of the molecule is [CH2]CC(C(=O)CCc1ccc(-c2ncccn2)cc1)c1ccc(-c2ncccn2)cc1. The Kier molecular flexibility index (Phi) is 6.53. The average Bonchev–Trinajstić information content (AvgIpc) is 2.85. The molecule has 0 saturated heterocycles. The van der Waals surface area contributed by atoms with Crippen molar-refractivity contribution in [3.05, 3.63) is 104 Å². The standard InChI is InChI=1S/C26H23N4O/c1-2-23(20-10-12-22(13-11-20)26-29-17-4-18-30-26)24(31)14-7-19-5-8-21(9-6-19)25-27-15-3-16-28-25/h3-6,8-13,15-18,23H,1-2,7,14H2. The molecule has 2 aromatic carbocycles. The highest BCUT2D eigenvalue weighted by Gasteiger charge is 2.18. The van der Waals surface area contributed by atoms with Gasteiger partial charge < -0.3 is 0 Å². The molecule has 0 fully saturated rings. The van der Waals surface area contributed by atoms with Crippen LogP contribution in [-0.2, 0) is 11.2 Å². The van der Waals surface area contributed by atoms with E-state index in [-0.39, 0.29) is 11.7 Å². The monoisotopic (exact) mass is 407 g/mol. The van der Waals surface area contributed by atoms with E-state index in [1.165, 1.54) is 0 Å². The molecule has 0 bridgehead atoms. The normalized spacial score (nSPS) is 11.8. The van der Waals surface area contributed by atoms with E-state index in [9.17, 15) is 4.79 Å². The Morgan fingerprint density at radius 1 is 0.742 bits per heavy atom. The number of aromatic nitrogens is 4. The first kappa shape index (κ1) is 20.5. The zero-order chi connectivity index (χ0) is 21.5. The van der Waals surface area contributed by atoms with Gasteiger partial charge in [-0.1, -0.05) is 55.5 Å². The van der Waals surface area contributed by atoms with Crippen molar-refractivity contribution < 1.29 is 4.79 Å². The number of carbonyl (C=O) groups is 1. The summed E-state index contributed by atoms with van der Waals surface area (Å²) >= 11 is 0. The second kappa shape index (κ2) is 9.85. The molecular weight excluding hydrogens is 384 g/mol. The Hall–Kier alpha value is -3.73. The second-order valence-corrected chi connectivity index (χ2v) is 7.27. The lowest BCUT2D eigenvalue weighted by Gasteiger charge is -2.15. The highest BCUT2D eigenvalue weighted by atomic mass is 16.1. The number of hydrogen-bond acceptors (Lipinski definition) is 5. The summed E-state index contributed by atoms with van der Waals surface area (Å²) in [4.78, 5) is 30.0. The van der Waals surface area contributed by atoms with Gasteiger partial charge in [0.15, 0.2) is 11.6 Å². The number of hydrogen-bond donors (Lipinski definition) is 0. The third-order valence-corrected chi connectivity index (χ3v) is 5.25. The van der Waals surface area contributed by atoms with E-state index in [1.807, 2.05) is 48.5 Å². The Balaban J connectivity index is 1.39. The van der Waals surface area contributed by atoms with Gasteiger partial charge in [-0.25, -0.2) is 19.9 Å². The van der Waals surface area contributed by atoms with Gasteiger partial charge in [0.2, 0.25) is 0 Å². The molecule has 0 aliphatic rings. The summed E-state index contributed by atoms with van der Waals surface area (Å²) < 4.78 is 0. The van der Waals surface area contributed by atoms with Crippen molar-refractivity contribution in [1.82, 2.24) is 19.9 Å². The van der Waals surface area contributed by atoms with Gasteiger partial charge in [0.1, 0.15) is 5.78 Å². The highest BCUT2D eigenvalue weighted by Crippen LogP contribution is 2.25. The Morgan fingerprint density at radius 2 is 1.23 bits per heavy atom. The molecule has 4 aromatic rings. The van der Waals surface area contributed by atoms with Gasteiger partial charge in [-0.15, -0.1) is 0 Å². The van der Waals surface area contributed by atoms with E-state index in [4.69, 9.17) is 0 Å². The van der Waals surface area contributed by atoms with Crippen LogP contribution in [0, 0.1) is 6.92 Å². The molecule has 0 spiro atoms. The van der Waals surface area contributed by atoms with Crippen LogP contribution in [0.1, 0.15) is 29.9 Å². The second-order valence-electron chi connectivity index (χ2n) is 7.27. The lowest BCUT2D eigenvalue weighted by atomic mass is 9.88. The molecule has 2 heterocycles. The minimum absolute atomic E-state index is 0.203. The van der Waals surface area contributed by atoms with Gasteiger partial charge in [-0.3, -0.25) is 4.79 Å². The summed E-state index contributed by atoms with van der Waals surface area (Å²) in [5.41, 5.74) is 4.00. The lowest BCUT2D eigenvalue weighted by Crippen LogP contribution is -2.12. The van der Waals surface area contributed by atoms with Crippen LogP contribution in [0.2, 0.25) is 0 Å². The van der Waals surface area contributed by atoms with Crippen molar-refractivity contribution in [2.75, 3.05) is 0 Å². The summed E-state index contributed by atoms with van der Waals surface area (Å²) in [6.07, 6.45) is 8.60. The summed E-state index contributed by atoms with van der Waals surface area (Å²) in [6, 6.07) is 19.5. The summed E-state index contributed by atoms with van der Waals surface area (Å²) in [6.45, 7) is 4.00. The number of benzene rings is 2. The van der Waals surface area contributed by atoms with E-state index in [0.717, 1.165) is 22.3 Å². The molecule has 5 heteroatoms. The first-order valence-electron chi connectivity index (χ1n) is 10.3. The van der Waals surface area contributed by atoms with Gasteiger partial charge >= 0.3 is 0 Å². The van der Waals surface area contributed by atoms with Gasteiger partial charge in [-0.05, 0) is 36.1 Å². The summed E-state index contributed by atoms with van der Waals surface area (Å²) in [5, 5.41) is 0. The van der Waals surface area contributed by atoms with Gasteiger partial charge in [-0.2, -0.15) is 0 Å². The third kappa shape index (κ3) is 5.07. The van der Waals surface area contributed by atoms with Crippen LogP contribution >= 0.6 is 0 Å². The molecule has 0 amide bonds. The summed E-state index contributed by atoms with van der Waals surface area (Å²) in [5.74, 6) is 1.37. The van der Waals surface area contributed by atoms with E-state index < -0.39 is 0 Å². The van der Waals surface area contributed by atoms with Crippen molar-refractivity contribution in [3.8, 4) is 22.8 Å². The predicted molar refractivity (Wildman–Crippen MR) is 121 cm³/mol. The molecule has 1 unspecified atom stereocenters. The molecule has 0 saturated carbocycles. The number of Topliss-reactive ketones (excluding diaryl/α,β-unsaturated/α-hetero) is 1. The molecule has 0 N–H and O–H groups in total. The first-order chi connectivity index (χ1) is 15.2. The molecule has 0 aliphatic carbocycles. The minimum atomic E-state index is -0.206. The fraction of sp³-hybridized carbons (Fsp3) is 0.154. The van der Waals surface area contributed by atoms with Crippen molar-refractivity contribution in [1.29, 1.82) is 0 Å². The zero-order valence-corrected chi connectivity index (χ0v) is 17.2. The van der Waals surface area contributed by atoms with Crippen LogP contribution in [0.25, 0.3) is 22.8 Å². The van der Waals surface area contributed by atoms with Gasteiger partial charge in [0.05, 0.1) is 0 Å². The smallest absolute Gasteiger partial charge is 0.159 e. The quantitative estimate of drug-likeness (QED) is 0.406. The number of carbonyl (C=O) groups excluding carboxylic acids is 1. The van der Waals surface area contributed by atoms with Crippen LogP contribution < -0.4 is 0 Å². The van der Waals surface area contributed by atoms with Crippen LogP contribution in [-0.4, -0.2) is 25.7 Å². The number of aryl methyl sites for hydroxylation is 1. The molecule has 153 valence electrons. The first-order valence-corrected chi connectivity index (χ1v) is 10.3. The largest absolute Gasteiger partial charge is 0.299 e. The third-order valence-electron chi connectivity index (χ3n) is 5.25. The molecule has 4 rings (SSSR count). The predicted octanol–water partition coefficient (Wildman–Crippen LogP) is 5.11. The maximum atomic E-state index is 12.9. The fourth-order valence-electron chi connectivity index (χ4n) is 3.54. The van der Waals surface area contributed by atoms with E-state index in [1.54, 1.807) is 36.9 Å². The fourth-order valence-corrected chi connectivity index (χ4v) is 3.54. The van der Waals surface area contributed by atoms with E-state index in [2.05, 4.69) is 26.9 Å². The Labute approximate surface area is 182 Å². The average molecular weight is 407 g/mol. The molecule has 0 aliphatic heterocycles. The van der Waals surface area contributed by atoms with Crippen LogP contribution in [0.15, 0.2) is 85.5 Å². The minimum Gasteiger partial charge on any atom is -0.299 e. The van der Waals surface area contributed by atoms with Gasteiger partial charge in [0, 0.05) is 48.3 Å². The van der Waals surface area contributed by atoms with Crippen molar-refractivity contribution in [2.24, 2.45) is 0 Å². The number of ketones is 1. The lowest BCUT2D eigenvalue weighted by molar-refractivity contribution is -0.120. The topological polar surface area (TPSA) is 68.6 Å². The van der Waals surface area contributed by atoms with Crippen LogP contribution in [0.5, 0.6) is 0 Å². The van der Waals surface area contributed by atoms with Crippen molar-refractivity contribution in [2.45, 2.75) is 25.2 Å². The number of rotatable bonds is 8. The summed E-state index contributed by atoms with van der Waals surface area (Å²) in [7, 11) is 0. The van der Waals surface area contributed by atoms with Crippen LogP contribution in [0.4, 0.5) is 0 Å². The Bertz CT molecular complexity index is 1110. The van der Waals surface area contributed by atoms with Crippen LogP contribution in [0.3, 0.4) is 0 Å². The van der Waals surface area contributed by atoms with Gasteiger partial charge in [0.25, 0.3) is 0 Å². The number of nitrogens with zero attached hydrogens (tertiary/aromatic N) is 4. The molecule has 2 aromatic heterocycles. The molecule has 5 nitrogen and oxygen atoms in total. The highest BCUT2D eigenvalue weighted by molar-refractivity contribution is 5.86.